The molecule has 3 heteroatoms. The van der Waals surface area contributed by atoms with Crippen molar-refractivity contribution in [3.63, 3.8) is 0 Å². The van der Waals surface area contributed by atoms with Gasteiger partial charge in [0.25, 0.3) is 0 Å². The maximum absolute atomic E-state index is 11.7. The molecular formula is C13H21NO2. The van der Waals surface area contributed by atoms with Crippen LogP contribution in [0.25, 0.3) is 0 Å². The Kier molecular flexibility index (Phi) is 3.46. The van der Waals surface area contributed by atoms with E-state index >= 15 is 0 Å². The van der Waals surface area contributed by atoms with Crippen LogP contribution < -0.4 is 0 Å². The first-order valence-corrected chi connectivity index (χ1v) is 5.65. The van der Waals surface area contributed by atoms with Gasteiger partial charge < -0.3 is 9.72 Å². The summed E-state index contributed by atoms with van der Waals surface area (Å²) in [4.78, 5) is 14.8. The Bertz CT molecular complexity index is 397. The number of carbonyl (C=O) groups excluding carboxylic acids is 1. The lowest BCUT2D eigenvalue weighted by atomic mass is 9.84. The largest absolute Gasteiger partial charge is 0.461 e. The number of hydrogen-bond acceptors (Lipinski definition) is 2. The highest BCUT2D eigenvalue weighted by Gasteiger charge is 2.25. The van der Waals surface area contributed by atoms with Gasteiger partial charge in [-0.2, -0.15) is 0 Å². The summed E-state index contributed by atoms with van der Waals surface area (Å²) >= 11 is 0. The van der Waals surface area contributed by atoms with Crippen LogP contribution in [0.1, 0.15) is 55.0 Å². The molecule has 1 aromatic rings. The van der Waals surface area contributed by atoms with Crippen molar-refractivity contribution < 1.29 is 9.53 Å². The van der Waals surface area contributed by atoms with E-state index in [0.29, 0.717) is 12.3 Å². The zero-order valence-corrected chi connectivity index (χ0v) is 11.0. The summed E-state index contributed by atoms with van der Waals surface area (Å²) in [6, 6.07) is 0. The van der Waals surface area contributed by atoms with Crippen LogP contribution in [-0.4, -0.2) is 17.6 Å². The zero-order valence-electron chi connectivity index (χ0n) is 11.0. The molecule has 90 valence electrons. The van der Waals surface area contributed by atoms with E-state index in [0.717, 1.165) is 11.3 Å². The van der Waals surface area contributed by atoms with Gasteiger partial charge in [-0.25, -0.2) is 4.79 Å². The van der Waals surface area contributed by atoms with Crippen LogP contribution in [0.3, 0.4) is 0 Å². The first kappa shape index (κ1) is 12.8. The number of aryl methyl sites for hydroxylation is 1. The molecule has 0 saturated carbocycles. The number of esters is 1. The molecule has 0 saturated heterocycles. The molecule has 0 aromatic carbocycles. The number of hydrogen-bond donors (Lipinski definition) is 1. The highest BCUT2D eigenvalue weighted by molar-refractivity contribution is 5.90. The molecule has 0 aliphatic carbocycles. The van der Waals surface area contributed by atoms with Crippen molar-refractivity contribution in [3.05, 3.63) is 22.5 Å². The smallest absolute Gasteiger partial charge is 0.355 e. The monoisotopic (exact) mass is 223 g/mol. The third kappa shape index (κ3) is 2.29. The average Bonchev–Trinajstić information content (AvgIpc) is 2.41. The molecule has 0 aliphatic heterocycles. The Morgan fingerprint density at radius 2 is 1.88 bits per heavy atom. The molecule has 16 heavy (non-hydrogen) atoms. The van der Waals surface area contributed by atoms with Gasteiger partial charge in [-0.05, 0) is 37.3 Å². The second kappa shape index (κ2) is 4.32. The highest BCUT2D eigenvalue weighted by atomic mass is 16.5. The number of aromatic amines is 1. The van der Waals surface area contributed by atoms with E-state index < -0.39 is 0 Å². The standard InChI is InChI=1S/C13H21NO2/c1-7-16-12(15)11-8(2)10(9(3)14-11)13(4,5)6/h14H,7H2,1-6H3. The fourth-order valence-electron chi connectivity index (χ4n) is 2.28. The number of rotatable bonds is 2. The summed E-state index contributed by atoms with van der Waals surface area (Å²) < 4.78 is 5.02. The minimum atomic E-state index is -0.265. The maximum Gasteiger partial charge on any atom is 0.355 e. The van der Waals surface area contributed by atoms with Crippen LogP contribution in [0.2, 0.25) is 0 Å². The van der Waals surface area contributed by atoms with Gasteiger partial charge in [0.15, 0.2) is 0 Å². The van der Waals surface area contributed by atoms with Gasteiger partial charge in [0, 0.05) is 5.69 Å². The molecule has 0 aliphatic rings. The van der Waals surface area contributed by atoms with Crippen molar-refractivity contribution in [1.82, 2.24) is 4.98 Å². The molecule has 0 amide bonds. The molecule has 1 aromatic heterocycles. The Balaban J connectivity index is 3.22. The van der Waals surface area contributed by atoms with Gasteiger partial charge in [-0.15, -0.1) is 0 Å². The van der Waals surface area contributed by atoms with Crippen molar-refractivity contribution in [2.75, 3.05) is 6.61 Å². The number of nitrogens with one attached hydrogen (secondary N) is 1. The first-order valence-electron chi connectivity index (χ1n) is 5.65. The van der Waals surface area contributed by atoms with Gasteiger partial charge in [-0.3, -0.25) is 0 Å². The van der Waals surface area contributed by atoms with Crippen molar-refractivity contribution in [2.24, 2.45) is 0 Å². The Morgan fingerprint density at radius 3 is 2.25 bits per heavy atom. The second-order valence-electron chi connectivity index (χ2n) is 5.10. The van der Waals surface area contributed by atoms with Gasteiger partial charge in [0.1, 0.15) is 5.69 Å². The van der Waals surface area contributed by atoms with Crippen LogP contribution in [0.15, 0.2) is 0 Å². The summed E-state index contributed by atoms with van der Waals surface area (Å²) in [5.41, 5.74) is 3.88. The lowest BCUT2D eigenvalue weighted by molar-refractivity contribution is 0.0519. The molecule has 0 spiro atoms. The van der Waals surface area contributed by atoms with E-state index in [4.69, 9.17) is 4.74 Å². The number of ether oxygens (including phenoxy) is 1. The Morgan fingerprint density at radius 1 is 1.31 bits per heavy atom. The Hall–Kier alpha value is -1.25. The summed E-state index contributed by atoms with van der Waals surface area (Å²) in [5.74, 6) is -0.265. The predicted molar refractivity (Wildman–Crippen MR) is 64.9 cm³/mol. The van der Waals surface area contributed by atoms with E-state index in [1.807, 2.05) is 20.8 Å². The average molecular weight is 223 g/mol. The predicted octanol–water partition coefficient (Wildman–Crippen LogP) is 3.11. The number of carbonyl (C=O) groups is 1. The lowest BCUT2D eigenvalue weighted by Gasteiger charge is -2.20. The van der Waals surface area contributed by atoms with E-state index in [9.17, 15) is 4.79 Å². The zero-order chi connectivity index (χ0) is 12.5. The quantitative estimate of drug-likeness (QED) is 0.783. The van der Waals surface area contributed by atoms with Gasteiger partial charge in [0.2, 0.25) is 0 Å². The first-order chi connectivity index (χ1) is 7.29. The second-order valence-corrected chi connectivity index (χ2v) is 5.10. The molecule has 0 radical (unpaired) electrons. The van der Waals surface area contributed by atoms with Crippen molar-refractivity contribution >= 4 is 5.97 Å². The molecule has 0 unspecified atom stereocenters. The minimum Gasteiger partial charge on any atom is -0.461 e. The van der Waals surface area contributed by atoms with Crippen LogP contribution in [0.5, 0.6) is 0 Å². The topological polar surface area (TPSA) is 42.1 Å². The van der Waals surface area contributed by atoms with Gasteiger partial charge in [0.05, 0.1) is 6.61 Å². The van der Waals surface area contributed by atoms with E-state index in [1.54, 1.807) is 0 Å². The summed E-state index contributed by atoms with van der Waals surface area (Å²) in [6.07, 6.45) is 0. The van der Waals surface area contributed by atoms with Crippen molar-refractivity contribution in [2.45, 2.75) is 47.0 Å². The normalized spacial score (nSPS) is 11.6. The van der Waals surface area contributed by atoms with Crippen LogP contribution in [0, 0.1) is 13.8 Å². The van der Waals surface area contributed by atoms with Crippen molar-refractivity contribution in [1.29, 1.82) is 0 Å². The van der Waals surface area contributed by atoms with Gasteiger partial charge >= 0.3 is 5.97 Å². The van der Waals surface area contributed by atoms with E-state index in [1.165, 1.54) is 5.56 Å². The number of aromatic nitrogens is 1. The van der Waals surface area contributed by atoms with E-state index in [-0.39, 0.29) is 11.4 Å². The molecule has 1 heterocycles. The molecule has 1 rings (SSSR count). The van der Waals surface area contributed by atoms with E-state index in [2.05, 4.69) is 25.8 Å². The Labute approximate surface area is 97.2 Å². The molecule has 0 bridgehead atoms. The lowest BCUT2D eigenvalue weighted by Crippen LogP contribution is -2.14. The maximum atomic E-state index is 11.7. The minimum absolute atomic E-state index is 0.0371. The fraction of sp³-hybridized carbons (Fsp3) is 0.615. The molecule has 3 nitrogen and oxygen atoms in total. The SMILES string of the molecule is CCOC(=O)c1[nH]c(C)c(C(C)(C)C)c1C. The van der Waals surface area contributed by atoms with Crippen LogP contribution in [0.4, 0.5) is 0 Å². The molecule has 1 N–H and O–H groups in total. The summed E-state index contributed by atoms with van der Waals surface area (Å²) in [5, 5.41) is 0. The molecule has 0 atom stereocenters. The highest BCUT2D eigenvalue weighted by Crippen LogP contribution is 2.30. The summed E-state index contributed by atoms with van der Waals surface area (Å²) in [7, 11) is 0. The molecular weight excluding hydrogens is 202 g/mol. The van der Waals surface area contributed by atoms with Crippen LogP contribution >= 0.6 is 0 Å². The van der Waals surface area contributed by atoms with Crippen LogP contribution in [-0.2, 0) is 10.2 Å². The molecule has 0 fully saturated rings. The fourth-order valence-corrected chi connectivity index (χ4v) is 2.28. The summed E-state index contributed by atoms with van der Waals surface area (Å²) in [6.45, 7) is 12.6. The number of H-pyrrole nitrogens is 1. The third-order valence-corrected chi connectivity index (χ3v) is 2.67. The van der Waals surface area contributed by atoms with Crippen molar-refractivity contribution in [3.8, 4) is 0 Å². The third-order valence-electron chi connectivity index (χ3n) is 2.67. The van der Waals surface area contributed by atoms with Gasteiger partial charge in [-0.1, -0.05) is 20.8 Å².